The molecule has 0 spiro atoms. The highest BCUT2D eigenvalue weighted by Gasteiger charge is 2.28. The summed E-state index contributed by atoms with van der Waals surface area (Å²) < 4.78 is 0. The fraction of sp³-hybridized carbons (Fsp3) is 0.818. The number of nitrogens with one attached hydrogen (secondary N) is 1. The van der Waals surface area contributed by atoms with Crippen molar-refractivity contribution in [2.75, 3.05) is 6.61 Å². The van der Waals surface area contributed by atoms with Gasteiger partial charge in [-0.15, -0.1) is 0 Å². The van der Waals surface area contributed by atoms with Crippen LogP contribution in [0, 0.1) is 5.92 Å². The molecule has 0 aromatic heterocycles. The van der Waals surface area contributed by atoms with Crippen LogP contribution in [0.25, 0.3) is 0 Å². The molecule has 74 valence electrons. The van der Waals surface area contributed by atoms with Crippen LogP contribution in [0.15, 0.2) is 12.2 Å². The molecule has 2 unspecified atom stereocenters. The summed E-state index contributed by atoms with van der Waals surface area (Å²) in [7, 11) is 0. The zero-order chi connectivity index (χ0) is 9.10. The summed E-state index contributed by atoms with van der Waals surface area (Å²) in [6.07, 6.45) is 10.7. The van der Waals surface area contributed by atoms with Gasteiger partial charge in [-0.05, 0) is 38.0 Å². The van der Waals surface area contributed by atoms with Crippen molar-refractivity contribution in [1.82, 2.24) is 5.32 Å². The lowest BCUT2D eigenvalue weighted by Crippen LogP contribution is -2.40. The highest BCUT2D eigenvalue weighted by Crippen LogP contribution is 2.26. The molecule has 0 aromatic rings. The van der Waals surface area contributed by atoms with Crippen molar-refractivity contribution in [2.45, 2.75) is 44.2 Å². The van der Waals surface area contributed by atoms with Crippen molar-refractivity contribution in [3.63, 3.8) is 0 Å². The molecule has 1 fully saturated rings. The van der Waals surface area contributed by atoms with Crippen molar-refractivity contribution in [2.24, 2.45) is 5.92 Å². The van der Waals surface area contributed by atoms with Gasteiger partial charge in [-0.25, -0.2) is 0 Å². The van der Waals surface area contributed by atoms with Gasteiger partial charge in [-0.2, -0.15) is 0 Å². The minimum atomic E-state index is 0.301. The Morgan fingerprint density at radius 1 is 1.31 bits per heavy atom. The van der Waals surface area contributed by atoms with Gasteiger partial charge in [0.15, 0.2) is 0 Å². The standard InChI is InChI=1S/C11H19NO/c13-8-11(12-10-6-7-10)9-4-2-1-3-5-9/h1-2,9-13H,3-8H2. The van der Waals surface area contributed by atoms with Gasteiger partial charge in [0.2, 0.25) is 0 Å². The van der Waals surface area contributed by atoms with Gasteiger partial charge in [-0.1, -0.05) is 12.2 Å². The van der Waals surface area contributed by atoms with Crippen LogP contribution >= 0.6 is 0 Å². The van der Waals surface area contributed by atoms with Gasteiger partial charge in [0, 0.05) is 12.1 Å². The third kappa shape index (κ3) is 2.55. The Bertz CT molecular complexity index is 187. The Balaban J connectivity index is 1.82. The van der Waals surface area contributed by atoms with Gasteiger partial charge in [0.05, 0.1) is 6.61 Å². The molecule has 2 aliphatic carbocycles. The van der Waals surface area contributed by atoms with Gasteiger partial charge in [0.1, 0.15) is 0 Å². The molecule has 2 heteroatoms. The maximum atomic E-state index is 9.27. The molecule has 13 heavy (non-hydrogen) atoms. The van der Waals surface area contributed by atoms with Crippen LogP contribution in [-0.2, 0) is 0 Å². The monoisotopic (exact) mass is 181 g/mol. The van der Waals surface area contributed by atoms with E-state index < -0.39 is 0 Å². The Labute approximate surface area is 80.0 Å². The lowest BCUT2D eigenvalue weighted by Gasteiger charge is -2.27. The third-order valence-corrected chi connectivity index (χ3v) is 3.10. The molecule has 0 bridgehead atoms. The van der Waals surface area contributed by atoms with Crippen molar-refractivity contribution in [3.05, 3.63) is 12.2 Å². The molecule has 2 nitrogen and oxygen atoms in total. The second kappa shape index (κ2) is 4.25. The van der Waals surface area contributed by atoms with Crippen molar-refractivity contribution in [3.8, 4) is 0 Å². The topological polar surface area (TPSA) is 32.3 Å². The van der Waals surface area contributed by atoms with Crippen LogP contribution in [0.3, 0.4) is 0 Å². The Hall–Kier alpha value is -0.340. The summed E-state index contributed by atoms with van der Waals surface area (Å²) in [5, 5.41) is 12.8. The van der Waals surface area contributed by atoms with E-state index in [2.05, 4.69) is 17.5 Å². The van der Waals surface area contributed by atoms with Gasteiger partial charge in [0.25, 0.3) is 0 Å². The molecule has 2 rings (SSSR count). The Kier molecular flexibility index (Phi) is 3.01. The summed E-state index contributed by atoms with van der Waals surface area (Å²) in [5.41, 5.74) is 0. The maximum Gasteiger partial charge on any atom is 0.0587 e. The Morgan fingerprint density at radius 2 is 2.15 bits per heavy atom. The van der Waals surface area contributed by atoms with Crippen LogP contribution < -0.4 is 5.32 Å². The summed E-state index contributed by atoms with van der Waals surface area (Å²) in [4.78, 5) is 0. The fourth-order valence-corrected chi connectivity index (χ4v) is 2.07. The van der Waals surface area contributed by atoms with E-state index in [1.807, 2.05) is 0 Å². The van der Waals surface area contributed by atoms with Crippen LogP contribution in [0.2, 0.25) is 0 Å². The van der Waals surface area contributed by atoms with Gasteiger partial charge >= 0.3 is 0 Å². The minimum absolute atomic E-state index is 0.301. The normalized spacial score (nSPS) is 30.4. The van der Waals surface area contributed by atoms with Crippen LogP contribution in [-0.4, -0.2) is 23.8 Å². The first kappa shape index (κ1) is 9.22. The number of aliphatic hydroxyl groups excluding tert-OH is 1. The lowest BCUT2D eigenvalue weighted by atomic mass is 9.88. The molecule has 0 amide bonds. The van der Waals surface area contributed by atoms with Crippen molar-refractivity contribution < 1.29 is 5.11 Å². The number of rotatable bonds is 4. The molecular weight excluding hydrogens is 162 g/mol. The number of hydrogen-bond donors (Lipinski definition) is 2. The van der Waals surface area contributed by atoms with Gasteiger partial charge in [-0.3, -0.25) is 0 Å². The summed E-state index contributed by atoms with van der Waals surface area (Å²) >= 11 is 0. The quantitative estimate of drug-likeness (QED) is 0.643. The van der Waals surface area contributed by atoms with Gasteiger partial charge < -0.3 is 10.4 Å². The van der Waals surface area contributed by atoms with Crippen LogP contribution in [0.5, 0.6) is 0 Å². The molecular formula is C11H19NO. The molecule has 0 heterocycles. The second-order valence-corrected chi connectivity index (χ2v) is 4.27. The number of allylic oxidation sites excluding steroid dienone is 2. The molecule has 0 aromatic carbocycles. The predicted octanol–water partition coefficient (Wildman–Crippen LogP) is 1.46. The first-order chi connectivity index (χ1) is 6.40. The first-order valence-electron chi connectivity index (χ1n) is 5.42. The minimum Gasteiger partial charge on any atom is -0.395 e. The average molecular weight is 181 g/mol. The summed E-state index contributed by atoms with van der Waals surface area (Å²) in [6, 6.07) is 1.06. The van der Waals surface area contributed by atoms with E-state index in [1.54, 1.807) is 0 Å². The van der Waals surface area contributed by atoms with E-state index in [1.165, 1.54) is 25.7 Å². The molecule has 0 aliphatic heterocycles. The largest absolute Gasteiger partial charge is 0.395 e. The van der Waals surface area contributed by atoms with E-state index in [0.717, 1.165) is 6.42 Å². The van der Waals surface area contributed by atoms with Crippen LogP contribution in [0.4, 0.5) is 0 Å². The zero-order valence-corrected chi connectivity index (χ0v) is 8.08. The number of hydrogen-bond acceptors (Lipinski definition) is 2. The lowest BCUT2D eigenvalue weighted by molar-refractivity contribution is 0.189. The molecule has 0 saturated heterocycles. The van der Waals surface area contributed by atoms with E-state index >= 15 is 0 Å². The third-order valence-electron chi connectivity index (χ3n) is 3.10. The SMILES string of the molecule is OCC(NC1CC1)C1CC=CCC1. The predicted molar refractivity (Wildman–Crippen MR) is 53.5 cm³/mol. The van der Waals surface area contributed by atoms with E-state index in [4.69, 9.17) is 0 Å². The maximum absolute atomic E-state index is 9.27. The second-order valence-electron chi connectivity index (χ2n) is 4.27. The summed E-state index contributed by atoms with van der Waals surface area (Å²) in [6.45, 7) is 0.301. The number of aliphatic hydroxyl groups is 1. The van der Waals surface area contributed by atoms with E-state index in [9.17, 15) is 5.11 Å². The molecule has 0 radical (unpaired) electrons. The molecule has 2 atom stereocenters. The first-order valence-corrected chi connectivity index (χ1v) is 5.42. The highest BCUT2D eigenvalue weighted by molar-refractivity contribution is 4.96. The Morgan fingerprint density at radius 3 is 2.69 bits per heavy atom. The average Bonchev–Trinajstić information content (AvgIpc) is 2.99. The smallest absolute Gasteiger partial charge is 0.0587 e. The van der Waals surface area contributed by atoms with Crippen molar-refractivity contribution >= 4 is 0 Å². The molecule has 2 N–H and O–H groups in total. The van der Waals surface area contributed by atoms with Crippen LogP contribution in [0.1, 0.15) is 32.1 Å². The molecule has 2 aliphatic rings. The van der Waals surface area contributed by atoms with E-state index in [-0.39, 0.29) is 0 Å². The fourth-order valence-electron chi connectivity index (χ4n) is 2.07. The molecule has 1 saturated carbocycles. The van der Waals surface area contributed by atoms with E-state index in [0.29, 0.717) is 24.6 Å². The summed E-state index contributed by atoms with van der Waals surface area (Å²) in [5.74, 6) is 0.663. The van der Waals surface area contributed by atoms with Crippen molar-refractivity contribution in [1.29, 1.82) is 0 Å². The highest BCUT2D eigenvalue weighted by atomic mass is 16.3. The zero-order valence-electron chi connectivity index (χ0n) is 8.08.